The molecular formula is C22H24N6O4S. The zero-order valence-electron chi connectivity index (χ0n) is 19.0. The molecule has 0 radical (unpaired) electrons. The van der Waals surface area contributed by atoms with Crippen LogP contribution in [0.15, 0.2) is 23.1 Å². The third-order valence-corrected chi connectivity index (χ3v) is 6.05. The summed E-state index contributed by atoms with van der Waals surface area (Å²) >= 11 is 1.29. The monoisotopic (exact) mass is 468 g/mol. The van der Waals surface area contributed by atoms with E-state index in [1.807, 2.05) is 46.9 Å². The van der Waals surface area contributed by atoms with Crippen LogP contribution in [0.5, 0.6) is 5.06 Å². The first kappa shape index (κ1) is 21.4. The Morgan fingerprint density at radius 1 is 1.21 bits per heavy atom. The Morgan fingerprint density at radius 2 is 1.97 bits per heavy atom. The minimum absolute atomic E-state index is 0.152. The summed E-state index contributed by atoms with van der Waals surface area (Å²) in [6.45, 7) is 10.2. The molecule has 0 saturated carbocycles. The summed E-state index contributed by atoms with van der Waals surface area (Å²) in [4.78, 5) is 38.9. The summed E-state index contributed by atoms with van der Waals surface area (Å²) in [5.41, 5.74) is 2.33. The number of hydrogen-bond acceptors (Lipinski definition) is 8. The highest BCUT2D eigenvalue weighted by molar-refractivity contribution is 7.20. The van der Waals surface area contributed by atoms with Gasteiger partial charge in [0.1, 0.15) is 22.2 Å². The Bertz CT molecular complexity index is 1440. The second-order valence-corrected chi connectivity index (χ2v) is 10.2. The highest BCUT2D eigenvalue weighted by Gasteiger charge is 2.35. The fourth-order valence-electron chi connectivity index (χ4n) is 3.60. The van der Waals surface area contributed by atoms with E-state index in [2.05, 4.69) is 20.1 Å². The van der Waals surface area contributed by atoms with Gasteiger partial charge in [0.25, 0.3) is 5.56 Å². The molecule has 1 saturated heterocycles. The molecule has 0 aromatic carbocycles. The van der Waals surface area contributed by atoms with Gasteiger partial charge >= 0.3 is 6.09 Å². The van der Waals surface area contributed by atoms with Crippen LogP contribution in [-0.4, -0.2) is 60.4 Å². The van der Waals surface area contributed by atoms with Crippen molar-refractivity contribution in [3.05, 3.63) is 39.9 Å². The number of nitrogens with zero attached hydrogens (tertiary/aromatic N) is 5. The van der Waals surface area contributed by atoms with E-state index in [9.17, 15) is 9.59 Å². The summed E-state index contributed by atoms with van der Waals surface area (Å²) in [5, 5.41) is 5.59. The smallest absolute Gasteiger partial charge is 0.410 e. The van der Waals surface area contributed by atoms with E-state index in [0.29, 0.717) is 39.9 Å². The quantitative estimate of drug-likeness (QED) is 0.490. The molecule has 1 aliphatic rings. The van der Waals surface area contributed by atoms with Crippen molar-refractivity contribution in [3.8, 4) is 16.6 Å². The van der Waals surface area contributed by atoms with Crippen molar-refractivity contribution in [2.24, 2.45) is 0 Å². The number of fused-ring (bicyclic) bond motifs is 2. The second kappa shape index (κ2) is 7.55. The van der Waals surface area contributed by atoms with E-state index in [1.54, 1.807) is 15.5 Å². The number of nitrogens with one attached hydrogen (secondary N) is 1. The van der Waals surface area contributed by atoms with Crippen LogP contribution in [0.4, 0.5) is 4.79 Å². The Labute approximate surface area is 193 Å². The standard InChI is InChI=1S/C22H24N6O4S/c1-11-6-15(26-28-8-12(2)23-18(11)28)17-24-19(29)14-7-16(33-20(14)25-17)31-13-9-27(10-13)21(30)32-22(3,4)5/h6-8,13H,9-10H2,1-5H3,(H,24,25,29). The summed E-state index contributed by atoms with van der Waals surface area (Å²) in [7, 11) is 0. The van der Waals surface area contributed by atoms with Crippen molar-refractivity contribution in [3.63, 3.8) is 0 Å². The minimum atomic E-state index is -0.534. The molecule has 11 heteroatoms. The fraction of sp³-hybridized carbons (Fsp3) is 0.409. The Kier molecular flexibility index (Phi) is 4.89. The van der Waals surface area contributed by atoms with E-state index < -0.39 is 5.60 Å². The highest BCUT2D eigenvalue weighted by atomic mass is 32.1. The maximum Gasteiger partial charge on any atom is 0.410 e. The molecule has 0 bridgehead atoms. The van der Waals surface area contributed by atoms with Gasteiger partial charge in [-0.25, -0.2) is 19.3 Å². The van der Waals surface area contributed by atoms with Crippen molar-refractivity contribution in [2.45, 2.75) is 46.3 Å². The Balaban J connectivity index is 1.35. The third-order valence-electron chi connectivity index (χ3n) is 5.13. The topological polar surface area (TPSA) is 115 Å². The van der Waals surface area contributed by atoms with Gasteiger partial charge < -0.3 is 19.4 Å². The normalized spacial score (nSPS) is 14.6. The van der Waals surface area contributed by atoms with Crippen LogP contribution in [0.3, 0.4) is 0 Å². The van der Waals surface area contributed by atoms with Crippen LogP contribution in [0.2, 0.25) is 0 Å². The molecule has 1 aliphatic heterocycles. The summed E-state index contributed by atoms with van der Waals surface area (Å²) in [6.07, 6.45) is 1.33. The number of aryl methyl sites for hydroxylation is 2. The predicted octanol–water partition coefficient (Wildman–Crippen LogP) is 3.31. The van der Waals surface area contributed by atoms with Gasteiger partial charge in [0.15, 0.2) is 16.5 Å². The van der Waals surface area contributed by atoms with Gasteiger partial charge in [0, 0.05) is 6.07 Å². The number of H-pyrrole nitrogens is 1. The first-order chi connectivity index (χ1) is 15.6. The van der Waals surface area contributed by atoms with Gasteiger partial charge in [-0.3, -0.25) is 4.79 Å². The average molecular weight is 469 g/mol. The first-order valence-electron chi connectivity index (χ1n) is 10.6. The molecule has 4 aromatic rings. The third kappa shape index (κ3) is 4.15. The molecule has 1 N–H and O–H groups in total. The molecule has 5 heterocycles. The molecule has 10 nitrogen and oxygen atoms in total. The molecule has 33 heavy (non-hydrogen) atoms. The maximum absolute atomic E-state index is 12.7. The molecule has 0 unspecified atom stereocenters. The van der Waals surface area contributed by atoms with Crippen LogP contribution in [0, 0.1) is 13.8 Å². The van der Waals surface area contributed by atoms with Gasteiger partial charge in [-0.2, -0.15) is 5.10 Å². The van der Waals surface area contributed by atoms with E-state index in [0.717, 1.165) is 16.9 Å². The Hall–Kier alpha value is -3.47. The van der Waals surface area contributed by atoms with Crippen molar-refractivity contribution in [2.75, 3.05) is 13.1 Å². The van der Waals surface area contributed by atoms with Crippen molar-refractivity contribution in [1.29, 1.82) is 0 Å². The SMILES string of the molecule is Cc1cn2nc(-c3nc4sc(OC5CN(C(=O)OC(C)(C)C)C5)cc4c(=O)[nH]3)cc(C)c2n1. The van der Waals surface area contributed by atoms with Crippen LogP contribution in [0.1, 0.15) is 32.0 Å². The van der Waals surface area contributed by atoms with Gasteiger partial charge in [-0.05, 0) is 46.2 Å². The predicted molar refractivity (Wildman–Crippen MR) is 124 cm³/mol. The van der Waals surface area contributed by atoms with E-state index >= 15 is 0 Å². The van der Waals surface area contributed by atoms with Crippen LogP contribution in [-0.2, 0) is 4.74 Å². The zero-order chi connectivity index (χ0) is 23.5. The number of hydrogen-bond donors (Lipinski definition) is 1. The Morgan fingerprint density at radius 3 is 2.70 bits per heavy atom. The number of rotatable bonds is 3. The number of likely N-dealkylation sites (tertiary alicyclic amines) is 1. The number of carbonyl (C=O) groups excluding carboxylic acids is 1. The van der Waals surface area contributed by atoms with E-state index in [4.69, 9.17) is 9.47 Å². The van der Waals surface area contributed by atoms with Crippen LogP contribution >= 0.6 is 11.3 Å². The van der Waals surface area contributed by atoms with Gasteiger partial charge in [0.2, 0.25) is 0 Å². The van der Waals surface area contributed by atoms with Gasteiger partial charge in [-0.15, -0.1) is 0 Å². The lowest BCUT2D eigenvalue weighted by atomic mass is 10.2. The first-order valence-corrected chi connectivity index (χ1v) is 11.4. The lowest BCUT2D eigenvalue weighted by molar-refractivity contribution is -0.0212. The van der Waals surface area contributed by atoms with Gasteiger partial charge in [-0.1, -0.05) is 11.3 Å². The number of imidazole rings is 1. The van der Waals surface area contributed by atoms with E-state index in [-0.39, 0.29) is 17.8 Å². The molecule has 1 amide bonds. The van der Waals surface area contributed by atoms with Crippen molar-refractivity contribution in [1.82, 2.24) is 29.5 Å². The molecule has 0 spiro atoms. The number of thiophene rings is 1. The maximum atomic E-state index is 12.7. The average Bonchev–Trinajstić information content (AvgIpc) is 3.25. The fourth-order valence-corrected chi connectivity index (χ4v) is 4.55. The number of ether oxygens (including phenoxy) is 2. The summed E-state index contributed by atoms with van der Waals surface area (Å²) in [5.74, 6) is 0.386. The second-order valence-electron chi connectivity index (χ2n) is 9.19. The minimum Gasteiger partial charge on any atom is -0.477 e. The summed E-state index contributed by atoms with van der Waals surface area (Å²) < 4.78 is 13.0. The number of carbonyl (C=O) groups is 1. The van der Waals surface area contributed by atoms with Crippen molar-refractivity contribution < 1.29 is 14.3 Å². The highest BCUT2D eigenvalue weighted by Crippen LogP contribution is 2.31. The molecule has 0 atom stereocenters. The molecular weight excluding hydrogens is 444 g/mol. The molecule has 5 rings (SSSR count). The van der Waals surface area contributed by atoms with Crippen LogP contribution in [0.25, 0.3) is 27.4 Å². The number of aromatic nitrogens is 5. The molecule has 1 fully saturated rings. The van der Waals surface area contributed by atoms with Crippen molar-refractivity contribution >= 4 is 33.3 Å². The molecule has 4 aromatic heterocycles. The lowest BCUT2D eigenvalue weighted by Gasteiger charge is -2.39. The van der Waals surface area contributed by atoms with Gasteiger partial charge in [0.05, 0.1) is 30.4 Å². The van der Waals surface area contributed by atoms with Crippen LogP contribution < -0.4 is 10.3 Å². The number of aromatic amines is 1. The molecule has 0 aliphatic carbocycles. The molecule has 172 valence electrons. The lowest BCUT2D eigenvalue weighted by Crippen LogP contribution is -2.57. The number of amides is 1. The summed E-state index contributed by atoms with van der Waals surface area (Å²) in [6, 6.07) is 3.55. The van der Waals surface area contributed by atoms with E-state index in [1.165, 1.54) is 11.3 Å². The largest absolute Gasteiger partial charge is 0.477 e. The zero-order valence-corrected chi connectivity index (χ0v) is 19.8.